The second kappa shape index (κ2) is 10.9. The smallest absolute Gasteiger partial charge is 0.340 e. The van der Waals surface area contributed by atoms with Crippen LogP contribution in [0.15, 0.2) is 66.9 Å². The average Bonchev–Trinajstić information content (AvgIpc) is 2.93. The Morgan fingerprint density at radius 2 is 1.76 bits per heavy atom. The van der Waals surface area contributed by atoms with Crippen molar-refractivity contribution in [2.24, 2.45) is 0 Å². The van der Waals surface area contributed by atoms with Gasteiger partial charge in [-0.3, -0.25) is 4.79 Å². The first-order valence-electron chi connectivity index (χ1n) is 12.5. The molecule has 3 aromatic carbocycles. The summed E-state index contributed by atoms with van der Waals surface area (Å²) in [5.74, 6) is -0.200. The summed E-state index contributed by atoms with van der Waals surface area (Å²) in [6.45, 7) is 5.20. The van der Waals surface area contributed by atoms with Crippen molar-refractivity contribution in [2.75, 3.05) is 55.9 Å². The van der Waals surface area contributed by atoms with Gasteiger partial charge in [0.05, 0.1) is 23.9 Å². The normalized spacial score (nSPS) is 13.8. The van der Waals surface area contributed by atoms with Crippen LogP contribution >= 0.6 is 0 Å². The van der Waals surface area contributed by atoms with Crippen molar-refractivity contribution in [3.05, 3.63) is 72.4 Å². The summed E-state index contributed by atoms with van der Waals surface area (Å²) in [6.07, 6.45) is 1.75. The maximum Gasteiger partial charge on any atom is 0.340 e. The molecule has 1 aliphatic heterocycles. The Morgan fingerprint density at radius 3 is 2.53 bits per heavy atom. The number of amides is 1. The lowest BCUT2D eigenvalue weighted by molar-refractivity contribution is -0.114. The van der Waals surface area contributed by atoms with Crippen molar-refractivity contribution in [1.29, 1.82) is 0 Å². The number of fused-ring (bicyclic) bond motifs is 1. The van der Waals surface area contributed by atoms with E-state index in [1.165, 1.54) is 14.0 Å². The van der Waals surface area contributed by atoms with Crippen LogP contribution in [0.1, 0.15) is 17.3 Å². The zero-order chi connectivity index (χ0) is 26.6. The number of anilines is 4. The Hall–Kier alpha value is -4.50. The van der Waals surface area contributed by atoms with E-state index in [2.05, 4.69) is 32.5 Å². The third-order valence-corrected chi connectivity index (χ3v) is 6.63. The van der Waals surface area contributed by atoms with Crippen molar-refractivity contribution in [3.63, 3.8) is 0 Å². The van der Waals surface area contributed by atoms with E-state index in [9.17, 15) is 9.59 Å². The number of para-hydroxylation sites is 1. The predicted octanol–water partition coefficient (Wildman–Crippen LogP) is 4.54. The minimum Gasteiger partial charge on any atom is -0.465 e. The van der Waals surface area contributed by atoms with Gasteiger partial charge in [0.1, 0.15) is 0 Å². The molecule has 2 N–H and O–H groups in total. The van der Waals surface area contributed by atoms with Gasteiger partial charge < -0.3 is 25.2 Å². The molecule has 9 nitrogen and oxygen atoms in total. The van der Waals surface area contributed by atoms with Crippen LogP contribution < -0.4 is 15.5 Å². The van der Waals surface area contributed by atoms with E-state index >= 15 is 0 Å². The van der Waals surface area contributed by atoms with Crippen LogP contribution in [0.25, 0.3) is 22.0 Å². The summed E-state index contributed by atoms with van der Waals surface area (Å²) in [5, 5.41) is 6.92. The van der Waals surface area contributed by atoms with E-state index in [1.807, 2.05) is 60.7 Å². The molecule has 1 saturated heterocycles. The van der Waals surface area contributed by atoms with Gasteiger partial charge in [0.25, 0.3) is 0 Å². The molecule has 9 heteroatoms. The molecular formula is C29H30N6O3. The van der Waals surface area contributed by atoms with Gasteiger partial charge in [-0.1, -0.05) is 30.3 Å². The largest absolute Gasteiger partial charge is 0.465 e. The van der Waals surface area contributed by atoms with Crippen LogP contribution in [-0.4, -0.2) is 67.1 Å². The third-order valence-electron chi connectivity index (χ3n) is 6.63. The molecule has 0 bridgehead atoms. The molecule has 1 amide bonds. The molecule has 0 aliphatic carbocycles. The molecule has 1 aliphatic rings. The Kier molecular flexibility index (Phi) is 7.19. The molecule has 4 aromatic rings. The number of carbonyl (C=O) groups is 2. The van der Waals surface area contributed by atoms with Gasteiger partial charge >= 0.3 is 5.97 Å². The fourth-order valence-electron chi connectivity index (χ4n) is 4.62. The number of carbonyl (C=O) groups excluding carboxylic acids is 2. The number of methoxy groups -OCH3 is 1. The lowest BCUT2D eigenvalue weighted by Crippen LogP contribution is -2.44. The molecule has 5 rings (SSSR count). The van der Waals surface area contributed by atoms with Gasteiger partial charge in [-0.25, -0.2) is 14.8 Å². The molecule has 1 fully saturated rings. The monoisotopic (exact) mass is 510 g/mol. The van der Waals surface area contributed by atoms with E-state index in [-0.39, 0.29) is 5.91 Å². The number of aromatic nitrogens is 2. The number of hydrogen-bond donors (Lipinski definition) is 2. The van der Waals surface area contributed by atoms with Crippen molar-refractivity contribution in [2.45, 2.75) is 6.92 Å². The van der Waals surface area contributed by atoms with Crippen LogP contribution in [0.5, 0.6) is 0 Å². The molecule has 38 heavy (non-hydrogen) atoms. The Labute approximate surface area is 221 Å². The number of likely N-dealkylation sites (N-methyl/N-ethyl adjacent to an activating group) is 1. The molecule has 0 atom stereocenters. The Morgan fingerprint density at radius 1 is 0.974 bits per heavy atom. The minimum atomic E-state index is -0.431. The van der Waals surface area contributed by atoms with Crippen LogP contribution in [0, 0.1) is 0 Å². The van der Waals surface area contributed by atoms with Crippen molar-refractivity contribution >= 4 is 45.8 Å². The van der Waals surface area contributed by atoms with Crippen molar-refractivity contribution < 1.29 is 14.3 Å². The number of piperazine rings is 1. The number of hydrogen-bond acceptors (Lipinski definition) is 8. The summed E-state index contributed by atoms with van der Waals surface area (Å²) in [4.78, 5) is 38.1. The van der Waals surface area contributed by atoms with Crippen LogP contribution in [0.3, 0.4) is 0 Å². The highest BCUT2D eigenvalue weighted by molar-refractivity contribution is 5.98. The third kappa shape index (κ3) is 5.42. The second-order valence-corrected chi connectivity index (χ2v) is 9.34. The summed E-state index contributed by atoms with van der Waals surface area (Å²) in [7, 11) is 3.49. The zero-order valence-electron chi connectivity index (χ0n) is 21.7. The van der Waals surface area contributed by atoms with Gasteiger partial charge in [-0.05, 0) is 42.9 Å². The lowest BCUT2D eigenvalue weighted by atomic mass is 10.0. The van der Waals surface area contributed by atoms with E-state index in [1.54, 1.807) is 6.20 Å². The summed E-state index contributed by atoms with van der Waals surface area (Å²) >= 11 is 0. The Balaban J connectivity index is 1.49. The van der Waals surface area contributed by atoms with Gasteiger partial charge in [0.15, 0.2) is 0 Å². The first-order valence-corrected chi connectivity index (χ1v) is 12.5. The van der Waals surface area contributed by atoms with Crippen LogP contribution in [0.4, 0.5) is 23.0 Å². The SMILES string of the molecule is COC(=O)c1cc(N2CCN(C)CC2)ccc1Nc1ncc2cccc(-c3cccc(NC(C)=O)c3)c2n1. The van der Waals surface area contributed by atoms with Crippen LogP contribution in [0.2, 0.25) is 0 Å². The second-order valence-electron chi connectivity index (χ2n) is 9.34. The highest BCUT2D eigenvalue weighted by Crippen LogP contribution is 2.31. The number of benzene rings is 3. The number of nitrogens with zero attached hydrogens (tertiary/aromatic N) is 4. The lowest BCUT2D eigenvalue weighted by Gasteiger charge is -2.34. The van der Waals surface area contributed by atoms with Gasteiger partial charge in [-0.15, -0.1) is 0 Å². The zero-order valence-corrected chi connectivity index (χ0v) is 21.7. The molecule has 2 heterocycles. The minimum absolute atomic E-state index is 0.131. The topological polar surface area (TPSA) is 99.7 Å². The fraction of sp³-hybridized carbons (Fsp3) is 0.241. The summed E-state index contributed by atoms with van der Waals surface area (Å²) < 4.78 is 5.08. The molecule has 194 valence electrons. The van der Waals surface area contributed by atoms with Crippen molar-refractivity contribution in [3.8, 4) is 11.1 Å². The first kappa shape index (κ1) is 25.2. The number of rotatable bonds is 6. The van der Waals surface area contributed by atoms with E-state index < -0.39 is 5.97 Å². The molecule has 0 unspecified atom stereocenters. The maximum absolute atomic E-state index is 12.7. The van der Waals surface area contributed by atoms with Gasteiger partial charge in [-0.2, -0.15) is 0 Å². The molecule has 0 radical (unpaired) electrons. The van der Waals surface area contributed by atoms with E-state index in [4.69, 9.17) is 9.72 Å². The summed E-state index contributed by atoms with van der Waals surface area (Å²) in [6, 6.07) is 19.2. The highest BCUT2D eigenvalue weighted by Gasteiger charge is 2.19. The standard InChI is InChI=1S/C29H30N6O3/c1-19(36)31-22-8-4-6-20(16-22)24-9-5-7-21-18-30-29(33-27(21)24)32-26-11-10-23(17-25(26)28(37)38-3)35-14-12-34(2)13-15-35/h4-11,16-18H,12-15H2,1-3H3,(H,31,36)(H,30,32,33). The molecular weight excluding hydrogens is 480 g/mol. The number of esters is 1. The Bertz CT molecular complexity index is 1500. The van der Waals surface area contributed by atoms with Gasteiger partial charge in [0, 0.05) is 61.6 Å². The van der Waals surface area contributed by atoms with E-state index in [0.29, 0.717) is 22.9 Å². The van der Waals surface area contributed by atoms with Gasteiger partial charge in [0.2, 0.25) is 11.9 Å². The summed E-state index contributed by atoms with van der Waals surface area (Å²) in [5.41, 5.74) is 5.24. The quantitative estimate of drug-likeness (QED) is 0.365. The van der Waals surface area contributed by atoms with E-state index in [0.717, 1.165) is 53.9 Å². The maximum atomic E-state index is 12.7. The number of ether oxygens (including phenoxy) is 1. The fourth-order valence-corrected chi connectivity index (χ4v) is 4.62. The van der Waals surface area contributed by atoms with Crippen molar-refractivity contribution in [1.82, 2.24) is 14.9 Å². The number of nitrogens with one attached hydrogen (secondary N) is 2. The first-order chi connectivity index (χ1) is 18.4. The predicted molar refractivity (Wildman–Crippen MR) is 150 cm³/mol. The molecule has 1 aromatic heterocycles. The van der Waals surface area contributed by atoms with Crippen LogP contribution in [-0.2, 0) is 9.53 Å². The molecule has 0 spiro atoms. The average molecular weight is 511 g/mol. The highest BCUT2D eigenvalue weighted by atomic mass is 16.5. The molecule has 0 saturated carbocycles.